The molecule has 2 aliphatic rings. The van der Waals surface area contributed by atoms with E-state index in [0.29, 0.717) is 5.92 Å². The van der Waals surface area contributed by atoms with Crippen LogP contribution < -0.4 is 16.0 Å². The van der Waals surface area contributed by atoms with Gasteiger partial charge in [-0.25, -0.2) is 0 Å². The molecule has 3 N–H and O–H groups in total. The highest BCUT2D eigenvalue weighted by Gasteiger charge is 2.29. The third kappa shape index (κ3) is 3.11. The van der Waals surface area contributed by atoms with Gasteiger partial charge in [0.05, 0.1) is 19.3 Å². The van der Waals surface area contributed by atoms with Crippen molar-refractivity contribution in [3.05, 3.63) is 29.8 Å². The summed E-state index contributed by atoms with van der Waals surface area (Å²) in [6.07, 6.45) is 2.27. The van der Waals surface area contributed by atoms with Crippen LogP contribution in [-0.4, -0.2) is 36.9 Å². The average Bonchev–Trinajstić information content (AvgIpc) is 2.53. The van der Waals surface area contributed by atoms with Gasteiger partial charge in [-0.3, -0.25) is 11.3 Å². The maximum Gasteiger partial charge on any atom is 0.122 e. The number of benzene rings is 1. The van der Waals surface area contributed by atoms with Gasteiger partial charge in [-0.1, -0.05) is 18.2 Å². The zero-order chi connectivity index (χ0) is 13.8. The van der Waals surface area contributed by atoms with Crippen molar-refractivity contribution in [3.8, 4) is 5.75 Å². The second kappa shape index (κ2) is 6.80. The summed E-state index contributed by atoms with van der Waals surface area (Å²) in [5.74, 6) is 9.41. The number of nitrogens with two attached hydrogens (primary N) is 1. The standard InChI is InChI=1S/C15H22N2O2S/c16-17-13(15-10-20-8-7-19-15)9-11-5-6-18-14-4-2-1-3-12(11)14/h1-4,11,13,15,17H,5-10,16H2. The molecule has 110 valence electrons. The molecular formula is C15H22N2O2S. The lowest BCUT2D eigenvalue weighted by Gasteiger charge is -2.34. The summed E-state index contributed by atoms with van der Waals surface area (Å²) in [7, 11) is 0. The van der Waals surface area contributed by atoms with Crippen LogP contribution >= 0.6 is 11.8 Å². The fraction of sp³-hybridized carbons (Fsp3) is 0.600. The van der Waals surface area contributed by atoms with Gasteiger partial charge in [0.15, 0.2) is 0 Å². The molecule has 0 radical (unpaired) electrons. The topological polar surface area (TPSA) is 56.5 Å². The first kappa shape index (κ1) is 14.2. The predicted octanol–water partition coefficient (Wildman–Crippen LogP) is 1.91. The molecule has 1 saturated heterocycles. The summed E-state index contributed by atoms with van der Waals surface area (Å²) < 4.78 is 11.6. The molecule has 0 amide bonds. The molecule has 3 rings (SSSR count). The molecule has 2 aliphatic heterocycles. The van der Waals surface area contributed by atoms with E-state index in [0.717, 1.165) is 43.3 Å². The van der Waals surface area contributed by atoms with Gasteiger partial charge in [-0.05, 0) is 30.4 Å². The maximum absolute atomic E-state index is 5.87. The number of fused-ring (bicyclic) bond motifs is 1. The lowest BCUT2D eigenvalue weighted by molar-refractivity contribution is 0.0415. The van der Waals surface area contributed by atoms with Crippen molar-refractivity contribution in [2.45, 2.75) is 30.9 Å². The van der Waals surface area contributed by atoms with Crippen molar-refractivity contribution in [2.24, 2.45) is 5.84 Å². The van der Waals surface area contributed by atoms with Crippen molar-refractivity contribution in [1.29, 1.82) is 0 Å². The normalized spacial score (nSPS) is 27.4. The van der Waals surface area contributed by atoms with Gasteiger partial charge in [0.25, 0.3) is 0 Å². The highest BCUT2D eigenvalue weighted by molar-refractivity contribution is 7.99. The summed E-state index contributed by atoms with van der Waals surface area (Å²) >= 11 is 1.95. The van der Waals surface area contributed by atoms with Gasteiger partial charge >= 0.3 is 0 Å². The second-order valence-electron chi connectivity index (χ2n) is 5.36. The zero-order valence-corrected chi connectivity index (χ0v) is 12.4. The first-order valence-electron chi connectivity index (χ1n) is 7.25. The van der Waals surface area contributed by atoms with E-state index in [2.05, 4.69) is 23.6 Å². The third-order valence-corrected chi connectivity index (χ3v) is 5.15. The van der Waals surface area contributed by atoms with Crippen LogP contribution in [0.1, 0.15) is 24.3 Å². The van der Waals surface area contributed by atoms with Crippen LogP contribution in [0.25, 0.3) is 0 Å². The van der Waals surface area contributed by atoms with Crippen LogP contribution in [0.2, 0.25) is 0 Å². The maximum atomic E-state index is 5.87. The number of thioether (sulfide) groups is 1. The van der Waals surface area contributed by atoms with Crippen LogP contribution in [0.3, 0.4) is 0 Å². The Hall–Kier alpha value is -0.750. The van der Waals surface area contributed by atoms with E-state index in [-0.39, 0.29) is 12.1 Å². The van der Waals surface area contributed by atoms with E-state index < -0.39 is 0 Å². The molecule has 3 unspecified atom stereocenters. The minimum absolute atomic E-state index is 0.207. The second-order valence-corrected chi connectivity index (χ2v) is 6.51. The highest BCUT2D eigenvalue weighted by Crippen LogP contribution is 2.37. The quantitative estimate of drug-likeness (QED) is 0.656. The van der Waals surface area contributed by atoms with Crippen LogP contribution in [0.4, 0.5) is 0 Å². The Labute approximate surface area is 124 Å². The number of hydrogen-bond donors (Lipinski definition) is 2. The molecule has 1 aromatic carbocycles. The lowest BCUT2D eigenvalue weighted by Crippen LogP contribution is -2.48. The third-order valence-electron chi connectivity index (χ3n) is 4.13. The van der Waals surface area contributed by atoms with E-state index in [9.17, 15) is 0 Å². The minimum atomic E-state index is 0.207. The molecule has 5 heteroatoms. The zero-order valence-electron chi connectivity index (χ0n) is 11.6. The predicted molar refractivity (Wildman–Crippen MR) is 82.1 cm³/mol. The highest BCUT2D eigenvalue weighted by atomic mass is 32.2. The summed E-state index contributed by atoms with van der Waals surface area (Å²) in [5, 5.41) is 0. The molecule has 0 saturated carbocycles. The summed E-state index contributed by atoms with van der Waals surface area (Å²) in [6.45, 7) is 1.62. The van der Waals surface area contributed by atoms with Gasteiger partial charge < -0.3 is 9.47 Å². The van der Waals surface area contributed by atoms with Crippen LogP contribution in [-0.2, 0) is 4.74 Å². The van der Waals surface area contributed by atoms with Crippen molar-refractivity contribution >= 4 is 11.8 Å². The first-order chi connectivity index (χ1) is 9.88. The lowest BCUT2D eigenvalue weighted by atomic mass is 9.86. The summed E-state index contributed by atoms with van der Waals surface area (Å²) in [6, 6.07) is 8.54. The molecule has 0 aromatic heterocycles. The monoisotopic (exact) mass is 294 g/mol. The number of hydrogen-bond acceptors (Lipinski definition) is 5. The molecule has 0 aliphatic carbocycles. The molecule has 4 nitrogen and oxygen atoms in total. The minimum Gasteiger partial charge on any atom is -0.493 e. The summed E-state index contributed by atoms with van der Waals surface area (Å²) in [5.41, 5.74) is 4.28. The number of ether oxygens (including phenoxy) is 2. The Bertz CT molecular complexity index is 438. The van der Waals surface area contributed by atoms with Crippen LogP contribution in [0, 0.1) is 0 Å². The van der Waals surface area contributed by atoms with Gasteiger partial charge in [-0.2, -0.15) is 11.8 Å². The van der Waals surface area contributed by atoms with Gasteiger partial charge in [0.1, 0.15) is 5.75 Å². The number of hydrazine groups is 1. The Morgan fingerprint density at radius 2 is 2.25 bits per heavy atom. The number of nitrogens with one attached hydrogen (secondary N) is 1. The number of rotatable bonds is 4. The van der Waals surface area contributed by atoms with E-state index >= 15 is 0 Å². The average molecular weight is 294 g/mol. The van der Waals surface area contributed by atoms with E-state index in [1.54, 1.807) is 0 Å². The molecule has 1 aromatic rings. The number of para-hydroxylation sites is 1. The van der Waals surface area contributed by atoms with E-state index in [1.165, 1.54) is 5.56 Å². The van der Waals surface area contributed by atoms with Crippen molar-refractivity contribution in [3.63, 3.8) is 0 Å². The molecule has 1 fully saturated rings. The molecule has 20 heavy (non-hydrogen) atoms. The van der Waals surface area contributed by atoms with Gasteiger partial charge in [0.2, 0.25) is 0 Å². The molecule has 0 bridgehead atoms. The Kier molecular flexibility index (Phi) is 4.83. The van der Waals surface area contributed by atoms with Crippen molar-refractivity contribution < 1.29 is 9.47 Å². The Morgan fingerprint density at radius 3 is 3.05 bits per heavy atom. The van der Waals surface area contributed by atoms with E-state index in [1.807, 2.05) is 17.8 Å². The van der Waals surface area contributed by atoms with Gasteiger partial charge in [-0.15, -0.1) is 0 Å². The Balaban J connectivity index is 1.70. The van der Waals surface area contributed by atoms with Gasteiger partial charge in [0, 0.05) is 17.5 Å². The van der Waals surface area contributed by atoms with Crippen molar-refractivity contribution in [1.82, 2.24) is 5.43 Å². The largest absolute Gasteiger partial charge is 0.493 e. The fourth-order valence-corrected chi connectivity index (χ4v) is 3.97. The van der Waals surface area contributed by atoms with Crippen LogP contribution in [0.15, 0.2) is 24.3 Å². The molecule has 3 atom stereocenters. The summed E-state index contributed by atoms with van der Waals surface area (Å²) in [4.78, 5) is 0. The molecule has 2 heterocycles. The SMILES string of the molecule is NNC(CC1CCOc2ccccc21)C1CSCCO1. The van der Waals surface area contributed by atoms with E-state index in [4.69, 9.17) is 15.3 Å². The Morgan fingerprint density at radius 1 is 1.35 bits per heavy atom. The molecule has 0 spiro atoms. The van der Waals surface area contributed by atoms with Crippen molar-refractivity contribution in [2.75, 3.05) is 24.7 Å². The molecular weight excluding hydrogens is 272 g/mol. The first-order valence-corrected chi connectivity index (χ1v) is 8.41. The smallest absolute Gasteiger partial charge is 0.122 e. The van der Waals surface area contributed by atoms with Crippen LogP contribution in [0.5, 0.6) is 5.75 Å². The fourth-order valence-electron chi connectivity index (χ4n) is 3.03.